The van der Waals surface area contributed by atoms with Gasteiger partial charge in [-0.3, -0.25) is 4.90 Å². The molecular weight excluding hydrogens is 268 g/mol. The minimum atomic E-state index is 0.691. The molecule has 0 saturated carbocycles. The molecule has 0 bridgehead atoms. The lowest BCUT2D eigenvalue weighted by Gasteiger charge is -2.37. The summed E-state index contributed by atoms with van der Waals surface area (Å²) in [5.74, 6) is 0. The molecule has 1 aliphatic rings. The highest BCUT2D eigenvalue weighted by atomic mass is 15.2. The molecule has 1 saturated heterocycles. The zero-order valence-electron chi connectivity index (χ0n) is 13.5. The summed E-state index contributed by atoms with van der Waals surface area (Å²) in [6.45, 7) is 4.52. The molecule has 1 fully saturated rings. The zero-order chi connectivity index (χ0) is 15.2. The monoisotopic (exact) mass is 294 g/mol. The van der Waals surface area contributed by atoms with Crippen molar-refractivity contribution >= 4 is 0 Å². The van der Waals surface area contributed by atoms with Crippen LogP contribution in [0.1, 0.15) is 24.0 Å². The van der Waals surface area contributed by atoms with Gasteiger partial charge in [0.2, 0.25) is 0 Å². The molecular formula is C20H26N2. The number of likely N-dealkylation sites (tertiary alicyclic amines) is 1. The van der Waals surface area contributed by atoms with Gasteiger partial charge in [-0.05, 0) is 44.1 Å². The van der Waals surface area contributed by atoms with E-state index in [0.29, 0.717) is 6.04 Å². The molecule has 0 N–H and O–H groups in total. The highest BCUT2D eigenvalue weighted by Gasteiger charge is 2.23. The smallest absolute Gasteiger partial charge is 0.0240 e. The maximum absolute atomic E-state index is 2.66. The minimum Gasteiger partial charge on any atom is -0.306 e. The van der Waals surface area contributed by atoms with Crippen molar-refractivity contribution in [2.75, 3.05) is 20.1 Å². The van der Waals surface area contributed by atoms with E-state index in [1.54, 1.807) is 0 Å². The van der Waals surface area contributed by atoms with Gasteiger partial charge in [0.15, 0.2) is 0 Å². The van der Waals surface area contributed by atoms with E-state index in [4.69, 9.17) is 0 Å². The van der Waals surface area contributed by atoms with Crippen LogP contribution in [0.4, 0.5) is 0 Å². The molecule has 116 valence electrons. The highest BCUT2D eigenvalue weighted by molar-refractivity contribution is 5.17. The van der Waals surface area contributed by atoms with Crippen LogP contribution in [-0.4, -0.2) is 36.0 Å². The number of nitrogens with zero attached hydrogens (tertiary/aromatic N) is 2. The van der Waals surface area contributed by atoms with Gasteiger partial charge in [-0.2, -0.15) is 0 Å². The van der Waals surface area contributed by atoms with Gasteiger partial charge >= 0.3 is 0 Å². The Hall–Kier alpha value is -1.64. The first kappa shape index (κ1) is 15.3. The van der Waals surface area contributed by atoms with E-state index < -0.39 is 0 Å². The van der Waals surface area contributed by atoms with Crippen LogP contribution in [-0.2, 0) is 13.1 Å². The molecule has 0 atom stereocenters. The first-order chi connectivity index (χ1) is 10.8. The van der Waals surface area contributed by atoms with Gasteiger partial charge in [-0.15, -0.1) is 0 Å². The van der Waals surface area contributed by atoms with Crippen LogP contribution in [0.15, 0.2) is 60.7 Å². The van der Waals surface area contributed by atoms with E-state index in [2.05, 4.69) is 77.5 Å². The summed E-state index contributed by atoms with van der Waals surface area (Å²) in [7, 11) is 2.23. The van der Waals surface area contributed by atoms with Crippen LogP contribution in [0, 0.1) is 0 Å². The lowest BCUT2D eigenvalue weighted by molar-refractivity contribution is 0.108. The summed E-state index contributed by atoms with van der Waals surface area (Å²) in [5, 5.41) is 0. The maximum Gasteiger partial charge on any atom is 0.0240 e. The minimum absolute atomic E-state index is 0.691. The molecule has 3 rings (SSSR count). The Morgan fingerprint density at radius 3 is 1.73 bits per heavy atom. The quantitative estimate of drug-likeness (QED) is 0.828. The second-order valence-electron chi connectivity index (χ2n) is 6.41. The van der Waals surface area contributed by atoms with Crippen molar-refractivity contribution in [2.45, 2.75) is 32.0 Å². The van der Waals surface area contributed by atoms with Crippen LogP contribution in [0.25, 0.3) is 0 Å². The number of rotatable bonds is 5. The van der Waals surface area contributed by atoms with E-state index in [0.717, 1.165) is 13.1 Å². The van der Waals surface area contributed by atoms with E-state index >= 15 is 0 Å². The van der Waals surface area contributed by atoms with Crippen molar-refractivity contribution in [3.05, 3.63) is 71.8 Å². The van der Waals surface area contributed by atoms with Crippen LogP contribution in [0.3, 0.4) is 0 Å². The van der Waals surface area contributed by atoms with Gasteiger partial charge < -0.3 is 4.90 Å². The molecule has 1 heterocycles. The third-order valence-corrected chi connectivity index (χ3v) is 4.66. The van der Waals surface area contributed by atoms with Crippen LogP contribution in [0.2, 0.25) is 0 Å². The average molecular weight is 294 g/mol. The van der Waals surface area contributed by atoms with Crippen LogP contribution >= 0.6 is 0 Å². The summed E-state index contributed by atoms with van der Waals surface area (Å²) in [6, 6.07) is 22.4. The van der Waals surface area contributed by atoms with Gasteiger partial charge in [-0.25, -0.2) is 0 Å². The van der Waals surface area contributed by atoms with Gasteiger partial charge in [0, 0.05) is 19.1 Å². The fraction of sp³-hybridized carbons (Fsp3) is 0.400. The van der Waals surface area contributed by atoms with E-state index in [1.807, 2.05) is 0 Å². The van der Waals surface area contributed by atoms with Crippen molar-refractivity contribution in [2.24, 2.45) is 0 Å². The number of piperidine rings is 1. The Kier molecular flexibility index (Phi) is 5.25. The number of hydrogen-bond donors (Lipinski definition) is 0. The molecule has 2 aromatic carbocycles. The Bertz CT molecular complexity index is 503. The van der Waals surface area contributed by atoms with Gasteiger partial charge in [0.25, 0.3) is 0 Å². The number of benzene rings is 2. The molecule has 2 heteroatoms. The molecule has 1 aliphatic heterocycles. The fourth-order valence-electron chi connectivity index (χ4n) is 3.31. The molecule has 2 aromatic rings. The normalized spacial score (nSPS) is 17.0. The summed E-state index contributed by atoms with van der Waals surface area (Å²) in [4.78, 5) is 5.11. The Balaban J connectivity index is 1.73. The topological polar surface area (TPSA) is 6.48 Å². The van der Waals surface area contributed by atoms with E-state index in [1.165, 1.54) is 37.1 Å². The summed E-state index contributed by atoms with van der Waals surface area (Å²) >= 11 is 0. The first-order valence-electron chi connectivity index (χ1n) is 8.32. The largest absolute Gasteiger partial charge is 0.306 e. The number of hydrogen-bond acceptors (Lipinski definition) is 2. The summed E-state index contributed by atoms with van der Waals surface area (Å²) < 4.78 is 0. The predicted molar refractivity (Wildman–Crippen MR) is 92.7 cm³/mol. The van der Waals surface area contributed by atoms with Crippen molar-refractivity contribution < 1.29 is 0 Å². The lowest BCUT2D eigenvalue weighted by Crippen LogP contribution is -2.43. The Morgan fingerprint density at radius 2 is 1.27 bits per heavy atom. The van der Waals surface area contributed by atoms with Crippen LogP contribution in [0.5, 0.6) is 0 Å². The van der Waals surface area contributed by atoms with Gasteiger partial charge in [0.1, 0.15) is 0 Å². The zero-order valence-corrected chi connectivity index (χ0v) is 13.5. The summed E-state index contributed by atoms with van der Waals surface area (Å²) in [5.41, 5.74) is 2.83. The standard InChI is InChI=1S/C20H26N2/c1-21-14-12-20(13-15-21)22(16-18-8-4-2-5-9-18)17-19-10-6-3-7-11-19/h2-11,20H,12-17H2,1H3. The molecule has 0 spiro atoms. The van der Waals surface area contributed by atoms with Crippen LogP contribution < -0.4 is 0 Å². The SMILES string of the molecule is CN1CCC(N(Cc2ccccc2)Cc2ccccc2)CC1. The molecule has 0 aromatic heterocycles. The first-order valence-corrected chi connectivity index (χ1v) is 8.32. The summed E-state index contributed by atoms with van der Waals surface area (Å²) in [6.07, 6.45) is 2.55. The second-order valence-corrected chi connectivity index (χ2v) is 6.41. The molecule has 2 nitrogen and oxygen atoms in total. The second kappa shape index (κ2) is 7.57. The van der Waals surface area contributed by atoms with E-state index in [9.17, 15) is 0 Å². The molecule has 0 aliphatic carbocycles. The van der Waals surface area contributed by atoms with Crippen molar-refractivity contribution in [3.63, 3.8) is 0 Å². The fourth-order valence-corrected chi connectivity index (χ4v) is 3.31. The van der Waals surface area contributed by atoms with E-state index in [-0.39, 0.29) is 0 Å². The third-order valence-electron chi connectivity index (χ3n) is 4.66. The van der Waals surface area contributed by atoms with Gasteiger partial charge in [0.05, 0.1) is 0 Å². The highest BCUT2D eigenvalue weighted by Crippen LogP contribution is 2.20. The predicted octanol–water partition coefficient (Wildman–Crippen LogP) is 3.78. The third kappa shape index (κ3) is 4.19. The molecule has 22 heavy (non-hydrogen) atoms. The van der Waals surface area contributed by atoms with Crippen molar-refractivity contribution in [1.29, 1.82) is 0 Å². The molecule has 0 unspecified atom stereocenters. The molecule has 0 radical (unpaired) electrons. The average Bonchev–Trinajstić information content (AvgIpc) is 2.57. The van der Waals surface area contributed by atoms with Crippen molar-refractivity contribution in [3.8, 4) is 0 Å². The Labute approximate surface area is 134 Å². The lowest BCUT2D eigenvalue weighted by atomic mass is 10.0. The van der Waals surface area contributed by atoms with Gasteiger partial charge in [-0.1, -0.05) is 60.7 Å². The van der Waals surface area contributed by atoms with Crippen molar-refractivity contribution in [1.82, 2.24) is 9.80 Å². The Morgan fingerprint density at radius 1 is 0.818 bits per heavy atom. The molecule has 0 amide bonds. The maximum atomic E-state index is 2.66.